The first kappa shape index (κ1) is 29.3. The van der Waals surface area contributed by atoms with Crippen LogP contribution in [0.25, 0.3) is 0 Å². The monoisotopic (exact) mass is 494 g/mol. The number of carboxylic acids is 1. The lowest BCUT2D eigenvalue weighted by Crippen LogP contribution is -2.58. The Balaban J connectivity index is 4.97. The van der Waals surface area contributed by atoms with Gasteiger partial charge >= 0.3 is 5.97 Å². The highest BCUT2D eigenvalue weighted by molar-refractivity contribution is 7.80. The van der Waals surface area contributed by atoms with Gasteiger partial charge in [-0.05, 0) is 12.8 Å². The normalized spacial score (nSPS) is 14.2. The van der Waals surface area contributed by atoms with Crippen LogP contribution in [0, 0.1) is 0 Å². The molecule has 0 radical (unpaired) electrons. The molecule has 16 heteroatoms. The molecule has 4 amide bonds. The molecule has 12 N–H and O–H groups in total. The second kappa shape index (κ2) is 15.1. The van der Waals surface area contributed by atoms with Crippen molar-refractivity contribution in [3.8, 4) is 0 Å². The number of hydrogen-bond acceptors (Lipinski definition) is 9. The van der Waals surface area contributed by atoms with Crippen LogP contribution in [0.4, 0.5) is 0 Å². The van der Waals surface area contributed by atoms with E-state index in [1.165, 1.54) is 0 Å². The van der Waals surface area contributed by atoms with E-state index in [4.69, 9.17) is 22.9 Å². The molecule has 14 nitrogen and oxygen atoms in total. The molecule has 0 spiro atoms. The van der Waals surface area contributed by atoms with Crippen molar-refractivity contribution in [1.82, 2.24) is 16.0 Å². The highest BCUT2D eigenvalue weighted by Gasteiger charge is 2.29. The van der Waals surface area contributed by atoms with Crippen molar-refractivity contribution in [2.75, 3.05) is 18.1 Å². The number of aliphatic imine (C=N–C) groups is 1. The highest BCUT2D eigenvalue weighted by atomic mass is 32.1. The maximum atomic E-state index is 12.4. The van der Waals surface area contributed by atoms with Gasteiger partial charge in [0.05, 0.1) is 12.5 Å². The van der Waals surface area contributed by atoms with Crippen molar-refractivity contribution >= 4 is 60.8 Å². The number of nitrogens with one attached hydrogen (secondary N) is 3. The third-order valence-corrected chi connectivity index (χ3v) is 4.68. The van der Waals surface area contributed by atoms with Crippen molar-refractivity contribution in [2.24, 2.45) is 27.9 Å². The molecule has 0 heterocycles. The third-order valence-electron chi connectivity index (χ3n) is 3.95. The van der Waals surface area contributed by atoms with E-state index in [1.807, 2.05) is 0 Å². The van der Waals surface area contributed by atoms with E-state index in [-0.39, 0.29) is 36.9 Å². The van der Waals surface area contributed by atoms with Crippen LogP contribution in [0.5, 0.6) is 0 Å². The van der Waals surface area contributed by atoms with E-state index in [2.05, 4.69) is 46.2 Å². The minimum atomic E-state index is -1.28. The lowest BCUT2D eigenvalue weighted by molar-refractivity contribution is -0.142. The smallest absolute Gasteiger partial charge is 0.326 e. The fourth-order valence-corrected chi connectivity index (χ4v) is 2.80. The highest BCUT2D eigenvalue weighted by Crippen LogP contribution is 2.01. The van der Waals surface area contributed by atoms with Crippen molar-refractivity contribution in [3.63, 3.8) is 0 Å². The Bertz CT molecular complexity index is 719. The van der Waals surface area contributed by atoms with Crippen LogP contribution in [0.3, 0.4) is 0 Å². The number of amides is 4. The molecule has 0 aliphatic carbocycles. The summed E-state index contributed by atoms with van der Waals surface area (Å²) in [4.78, 5) is 62.9. The predicted molar refractivity (Wildman–Crippen MR) is 123 cm³/mol. The fourth-order valence-electron chi connectivity index (χ4n) is 2.28. The molecule has 0 rings (SSSR count). The second-order valence-electron chi connectivity index (χ2n) is 6.61. The largest absolute Gasteiger partial charge is 0.480 e. The summed E-state index contributed by atoms with van der Waals surface area (Å²) in [6, 6.07) is -4.90. The first-order chi connectivity index (χ1) is 14.9. The van der Waals surface area contributed by atoms with Gasteiger partial charge in [-0.15, -0.1) is 0 Å². The fraction of sp³-hybridized carbons (Fsp3) is 0.625. The average molecular weight is 495 g/mol. The minimum Gasteiger partial charge on any atom is -0.480 e. The first-order valence-electron chi connectivity index (χ1n) is 9.37. The lowest BCUT2D eigenvalue weighted by atomic mass is 10.1. The molecular weight excluding hydrogens is 464 g/mol. The molecule has 0 bridgehead atoms. The Hall–Kier alpha value is -2.72. The molecule has 0 aliphatic rings. The molecule has 0 saturated carbocycles. The zero-order valence-electron chi connectivity index (χ0n) is 17.2. The first-order valence-corrected chi connectivity index (χ1v) is 10.6. The molecular formula is C16H30N8O6S2. The number of primary amides is 1. The van der Waals surface area contributed by atoms with Gasteiger partial charge in [0.15, 0.2) is 5.96 Å². The number of guanidine groups is 1. The number of rotatable bonds is 15. The summed E-state index contributed by atoms with van der Waals surface area (Å²) in [6.07, 6.45) is -0.0985. The van der Waals surface area contributed by atoms with Crippen LogP contribution in [-0.4, -0.2) is 82.9 Å². The molecule has 32 heavy (non-hydrogen) atoms. The van der Waals surface area contributed by atoms with Crippen LogP contribution in [0.1, 0.15) is 19.3 Å². The summed E-state index contributed by atoms with van der Waals surface area (Å²) < 4.78 is 0. The SMILES string of the molecule is NC(=O)CC(N)C(=O)NC(CS)C(=O)NC(CS)C(=O)NC(CCCN=C(N)N)C(=O)O. The Morgan fingerprint density at radius 2 is 1.31 bits per heavy atom. The standard InChI is InChI=1S/C16H30N8O6S2/c17-7(4-11(18)25)12(26)23-9(5-31)14(28)24-10(6-32)13(27)22-8(15(29)30)2-1-3-21-16(19)20/h7-10,31-32H,1-6,17H2,(H2,18,25)(H,22,27)(H,23,26)(H,24,28)(H,29,30)(H4,19,20,21). The molecule has 4 unspecified atom stereocenters. The number of hydrogen-bond donors (Lipinski definition) is 10. The van der Waals surface area contributed by atoms with Gasteiger partial charge in [-0.3, -0.25) is 24.2 Å². The number of thiol groups is 2. The quantitative estimate of drug-likeness (QED) is 0.0455. The van der Waals surface area contributed by atoms with Crippen molar-refractivity contribution < 1.29 is 29.1 Å². The van der Waals surface area contributed by atoms with Crippen LogP contribution < -0.4 is 38.9 Å². The van der Waals surface area contributed by atoms with Gasteiger partial charge in [0.2, 0.25) is 23.6 Å². The molecule has 0 aliphatic heterocycles. The number of aliphatic carboxylic acids is 1. The van der Waals surface area contributed by atoms with Crippen LogP contribution >= 0.6 is 25.3 Å². The molecule has 0 aromatic heterocycles. The molecule has 0 aromatic carbocycles. The maximum Gasteiger partial charge on any atom is 0.326 e. The van der Waals surface area contributed by atoms with E-state index in [0.717, 1.165) is 0 Å². The third kappa shape index (κ3) is 11.6. The van der Waals surface area contributed by atoms with E-state index < -0.39 is 60.2 Å². The summed E-state index contributed by atoms with van der Waals surface area (Å²) in [6.45, 7) is 0.177. The Labute approximate surface area is 195 Å². The lowest BCUT2D eigenvalue weighted by Gasteiger charge is -2.23. The summed E-state index contributed by atoms with van der Waals surface area (Å²) in [5.41, 5.74) is 20.9. The maximum absolute atomic E-state index is 12.4. The second-order valence-corrected chi connectivity index (χ2v) is 7.34. The van der Waals surface area contributed by atoms with Gasteiger partial charge in [-0.25, -0.2) is 4.79 Å². The number of nitrogens with two attached hydrogens (primary N) is 4. The number of nitrogens with zero attached hydrogens (tertiary/aromatic N) is 1. The zero-order valence-corrected chi connectivity index (χ0v) is 19.0. The van der Waals surface area contributed by atoms with Gasteiger partial charge in [0, 0.05) is 18.1 Å². The Morgan fingerprint density at radius 3 is 1.72 bits per heavy atom. The van der Waals surface area contributed by atoms with Crippen LogP contribution in [0.15, 0.2) is 4.99 Å². The summed E-state index contributed by atoms with van der Waals surface area (Å²) >= 11 is 7.99. The predicted octanol–water partition coefficient (Wildman–Crippen LogP) is -4.36. The van der Waals surface area contributed by atoms with Crippen molar-refractivity contribution in [3.05, 3.63) is 0 Å². The summed E-state index contributed by atoms with van der Waals surface area (Å²) in [5, 5.41) is 16.3. The molecule has 0 fully saturated rings. The van der Waals surface area contributed by atoms with Crippen molar-refractivity contribution in [2.45, 2.75) is 43.4 Å². The number of carbonyl (C=O) groups is 5. The van der Waals surface area contributed by atoms with Crippen molar-refractivity contribution in [1.29, 1.82) is 0 Å². The van der Waals surface area contributed by atoms with E-state index in [1.54, 1.807) is 0 Å². The minimum absolute atomic E-state index is 0.0398. The van der Waals surface area contributed by atoms with Gasteiger partial charge in [-0.1, -0.05) is 0 Å². The van der Waals surface area contributed by atoms with Gasteiger partial charge in [0.1, 0.15) is 18.1 Å². The molecule has 4 atom stereocenters. The van der Waals surface area contributed by atoms with E-state index in [0.29, 0.717) is 0 Å². The summed E-state index contributed by atoms with van der Waals surface area (Å²) in [7, 11) is 0. The topological polar surface area (TPSA) is 258 Å². The van der Waals surface area contributed by atoms with Gasteiger partial charge < -0.3 is 44.0 Å². The molecule has 0 aromatic rings. The average Bonchev–Trinajstić information content (AvgIpc) is 2.70. The Morgan fingerprint density at radius 1 is 0.844 bits per heavy atom. The van der Waals surface area contributed by atoms with Crippen LogP contribution in [0.2, 0.25) is 0 Å². The summed E-state index contributed by atoms with van der Waals surface area (Å²) in [5.74, 6) is -4.91. The van der Waals surface area contributed by atoms with E-state index >= 15 is 0 Å². The van der Waals surface area contributed by atoms with Gasteiger partial charge in [-0.2, -0.15) is 25.3 Å². The molecule has 0 saturated heterocycles. The zero-order chi connectivity index (χ0) is 24.8. The number of carboxylic acid groups (broad SMARTS) is 1. The van der Waals surface area contributed by atoms with Gasteiger partial charge in [0.25, 0.3) is 0 Å². The number of carbonyl (C=O) groups excluding carboxylic acids is 4. The molecule has 182 valence electrons. The van der Waals surface area contributed by atoms with E-state index in [9.17, 15) is 29.1 Å². The van der Waals surface area contributed by atoms with Crippen LogP contribution in [-0.2, 0) is 24.0 Å². The Kier molecular flexibility index (Phi) is 13.9.